The second-order valence-electron chi connectivity index (χ2n) is 7.15. The lowest BCUT2D eigenvalue weighted by atomic mass is 10.1. The van der Waals surface area contributed by atoms with Crippen molar-refractivity contribution in [1.82, 2.24) is 15.1 Å². The summed E-state index contributed by atoms with van der Waals surface area (Å²) in [6.07, 6.45) is 4.12. The van der Waals surface area contributed by atoms with Crippen molar-refractivity contribution < 1.29 is 9.59 Å². The summed E-state index contributed by atoms with van der Waals surface area (Å²) in [4.78, 5) is 29.4. The zero-order valence-electron chi connectivity index (χ0n) is 14.9. The Balaban J connectivity index is 1.57. The fourth-order valence-corrected chi connectivity index (χ4v) is 3.66. The SMILES string of the molecule is CC(CNC(=O)C1CCCN1C(=O)c1ccc(Br)cc1)N(C)C1CC1. The van der Waals surface area contributed by atoms with E-state index in [0.29, 0.717) is 30.7 Å². The van der Waals surface area contributed by atoms with Crippen LogP contribution >= 0.6 is 15.9 Å². The normalized spacial score (nSPS) is 21.4. The smallest absolute Gasteiger partial charge is 0.254 e. The molecule has 0 radical (unpaired) electrons. The molecular formula is C19H26BrN3O2. The van der Waals surface area contributed by atoms with Gasteiger partial charge in [-0.2, -0.15) is 0 Å². The number of nitrogens with one attached hydrogen (secondary N) is 1. The molecule has 1 aromatic rings. The summed E-state index contributed by atoms with van der Waals surface area (Å²) in [7, 11) is 2.12. The molecule has 2 aliphatic rings. The molecule has 5 nitrogen and oxygen atoms in total. The molecular weight excluding hydrogens is 382 g/mol. The van der Waals surface area contributed by atoms with Gasteiger partial charge in [-0.3, -0.25) is 14.5 Å². The highest BCUT2D eigenvalue weighted by Gasteiger charge is 2.35. The number of nitrogens with zero attached hydrogens (tertiary/aromatic N) is 2. The third-order valence-corrected chi connectivity index (χ3v) is 5.83. The third kappa shape index (κ3) is 4.42. The number of halogens is 1. The van der Waals surface area contributed by atoms with E-state index in [1.165, 1.54) is 12.8 Å². The van der Waals surface area contributed by atoms with Crippen LogP contribution in [0.15, 0.2) is 28.7 Å². The van der Waals surface area contributed by atoms with E-state index >= 15 is 0 Å². The Bertz CT molecular complexity index is 630. The van der Waals surface area contributed by atoms with E-state index in [1.54, 1.807) is 17.0 Å². The first-order valence-electron chi connectivity index (χ1n) is 9.03. The Morgan fingerprint density at radius 3 is 2.60 bits per heavy atom. The van der Waals surface area contributed by atoms with E-state index in [1.807, 2.05) is 12.1 Å². The lowest BCUT2D eigenvalue weighted by Crippen LogP contribution is -2.49. The maximum Gasteiger partial charge on any atom is 0.254 e. The molecule has 2 amide bonds. The summed E-state index contributed by atoms with van der Waals surface area (Å²) in [6.45, 7) is 3.41. The highest BCUT2D eigenvalue weighted by atomic mass is 79.9. The van der Waals surface area contributed by atoms with E-state index in [-0.39, 0.29) is 17.9 Å². The van der Waals surface area contributed by atoms with Gasteiger partial charge in [0.2, 0.25) is 5.91 Å². The summed E-state index contributed by atoms with van der Waals surface area (Å²) >= 11 is 3.38. The second-order valence-corrected chi connectivity index (χ2v) is 8.07. The summed E-state index contributed by atoms with van der Waals surface area (Å²) in [6, 6.07) is 7.94. The number of hydrogen-bond acceptors (Lipinski definition) is 3. The molecule has 2 fully saturated rings. The minimum atomic E-state index is -0.352. The van der Waals surface area contributed by atoms with Crippen molar-refractivity contribution in [2.24, 2.45) is 0 Å². The van der Waals surface area contributed by atoms with Gasteiger partial charge >= 0.3 is 0 Å². The average molecular weight is 408 g/mol. The molecule has 3 rings (SSSR count). The topological polar surface area (TPSA) is 52.7 Å². The molecule has 0 bridgehead atoms. The number of carbonyl (C=O) groups excluding carboxylic acids is 2. The minimum Gasteiger partial charge on any atom is -0.353 e. The van der Waals surface area contributed by atoms with Gasteiger partial charge in [-0.25, -0.2) is 0 Å². The van der Waals surface area contributed by atoms with Crippen LogP contribution in [0.5, 0.6) is 0 Å². The number of amides is 2. The molecule has 2 atom stereocenters. The van der Waals surface area contributed by atoms with Crippen LogP contribution in [0.3, 0.4) is 0 Å². The molecule has 1 aliphatic heterocycles. The molecule has 6 heteroatoms. The van der Waals surface area contributed by atoms with Crippen molar-refractivity contribution >= 4 is 27.7 Å². The number of likely N-dealkylation sites (tertiary alicyclic amines) is 1. The van der Waals surface area contributed by atoms with Crippen LogP contribution in [0.4, 0.5) is 0 Å². The van der Waals surface area contributed by atoms with Crippen LogP contribution in [-0.2, 0) is 4.79 Å². The van der Waals surface area contributed by atoms with Gasteiger partial charge in [0.05, 0.1) is 0 Å². The number of benzene rings is 1. The van der Waals surface area contributed by atoms with Gasteiger partial charge in [-0.15, -0.1) is 0 Å². The van der Waals surface area contributed by atoms with Crippen LogP contribution in [0.2, 0.25) is 0 Å². The average Bonchev–Trinajstić information content (AvgIpc) is 3.35. The summed E-state index contributed by atoms with van der Waals surface area (Å²) in [5, 5.41) is 3.05. The Labute approximate surface area is 157 Å². The highest BCUT2D eigenvalue weighted by molar-refractivity contribution is 9.10. The number of hydrogen-bond donors (Lipinski definition) is 1. The molecule has 1 heterocycles. The molecule has 1 aromatic carbocycles. The van der Waals surface area contributed by atoms with Crippen molar-refractivity contribution in [2.75, 3.05) is 20.1 Å². The van der Waals surface area contributed by atoms with Crippen molar-refractivity contribution in [3.8, 4) is 0 Å². The molecule has 1 saturated heterocycles. The van der Waals surface area contributed by atoms with Gasteiger partial charge in [0.1, 0.15) is 6.04 Å². The monoisotopic (exact) mass is 407 g/mol. The Morgan fingerprint density at radius 1 is 1.28 bits per heavy atom. The highest BCUT2D eigenvalue weighted by Crippen LogP contribution is 2.27. The van der Waals surface area contributed by atoms with Crippen molar-refractivity contribution in [2.45, 2.75) is 50.7 Å². The molecule has 25 heavy (non-hydrogen) atoms. The van der Waals surface area contributed by atoms with Crippen LogP contribution < -0.4 is 5.32 Å². The van der Waals surface area contributed by atoms with Crippen LogP contribution in [0.25, 0.3) is 0 Å². The van der Waals surface area contributed by atoms with E-state index in [0.717, 1.165) is 17.3 Å². The first-order valence-corrected chi connectivity index (χ1v) is 9.83. The van der Waals surface area contributed by atoms with Gasteiger partial charge in [0.15, 0.2) is 0 Å². The standard InChI is InChI=1S/C19H26BrN3O2/c1-13(22(2)16-9-10-16)12-21-18(24)17-4-3-11-23(17)19(25)14-5-7-15(20)8-6-14/h5-8,13,16-17H,3-4,9-12H2,1-2H3,(H,21,24). The predicted octanol–water partition coefficient (Wildman–Crippen LogP) is 2.65. The first kappa shape index (κ1) is 18.4. The van der Waals surface area contributed by atoms with Crippen LogP contribution in [0, 0.1) is 0 Å². The molecule has 136 valence electrons. The van der Waals surface area contributed by atoms with E-state index in [4.69, 9.17) is 0 Å². The van der Waals surface area contributed by atoms with Crippen molar-refractivity contribution in [1.29, 1.82) is 0 Å². The largest absolute Gasteiger partial charge is 0.353 e. The van der Waals surface area contributed by atoms with Crippen molar-refractivity contribution in [3.05, 3.63) is 34.3 Å². The molecule has 1 N–H and O–H groups in total. The lowest BCUT2D eigenvalue weighted by molar-refractivity contribution is -0.125. The maximum absolute atomic E-state index is 12.7. The fourth-order valence-electron chi connectivity index (χ4n) is 3.39. The third-order valence-electron chi connectivity index (χ3n) is 5.30. The lowest BCUT2D eigenvalue weighted by Gasteiger charge is -2.27. The molecule has 0 spiro atoms. The predicted molar refractivity (Wildman–Crippen MR) is 101 cm³/mol. The van der Waals surface area contributed by atoms with Gasteiger partial charge in [-0.05, 0) is 63.9 Å². The van der Waals surface area contributed by atoms with E-state index in [9.17, 15) is 9.59 Å². The van der Waals surface area contributed by atoms with Crippen LogP contribution in [0.1, 0.15) is 43.0 Å². The zero-order chi connectivity index (χ0) is 18.0. The fraction of sp³-hybridized carbons (Fsp3) is 0.579. The number of likely N-dealkylation sites (N-methyl/N-ethyl adjacent to an activating group) is 1. The summed E-state index contributed by atoms with van der Waals surface area (Å²) < 4.78 is 0.938. The molecule has 1 aliphatic carbocycles. The Hall–Kier alpha value is -1.40. The molecule has 1 saturated carbocycles. The van der Waals surface area contributed by atoms with E-state index in [2.05, 4.69) is 40.1 Å². The van der Waals surface area contributed by atoms with Gasteiger partial charge in [0, 0.05) is 35.2 Å². The minimum absolute atomic E-state index is 0.0287. The number of rotatable bonds is 6. The summed E-state index contributed by atoms with van der Waals surface area (Å²) in [5.74, 6) is -0.0905. The Kier molecular flexibility index (Phi) is 5.79. The second kappa shape index (κ2) is 7.87. The Morgan fingerprint density at radius 2 is 1.96 bits per heavy atom. The van der Waals surface area contributed by atoms with E-state index < -0.39 is 0 Å². The number of carbonyl (C=O) groups is 2. The van der Waals surface area contributed by atoms with Gasteiger partial charge < -0.3 is 10.2 Å². The zero-order valence-corrected chi connectivity index (χ0v) is 16.5. The molecule has 2 unspecified atom stereocenters. The molecule has 0 aromatic heterocycles. The summed E-state index contributed by atoms with van der Waals surface area (Å²) in [5.41, 5.74) is 0.629. The van der Waals surface area contributed by atoms with Crippen LogP contribution in [-0.4, -0.2) is 59.9 Å². The quantitative estimate of drug-likeness (QED) is 0.788. The van der Waals surface area contributed by atoms with Gasteiger partial charge in [0.25, 0.3) is 5.91 Å². The first-order chi connectivity index (χ1) is 12.0. The maximum atomic E-state index is 12.7. The van der Waals surface area contributed by atoms with Gasteiger partial charge in [-0.1, -0.05) is 15.9 Å². The van der Waals surface area contributed by atoms with Crippen molar-refractivity contribution in [3.63, 3.8) is 0 Å².